The number of hydrogen-bond acceptors (Lipinski definition) is 6. The summed E-state index contributed by atoms with van der Waals surface area (Å²) in [6.07, 6.45) is 3.38. The molecule has 6 heterocycles. The molecule has 27 heavy (non-hydrogen) atoms. The van der Waals surface area contributed by atoms with Crippen molar-refractivity contribution in [3.05, 3.63) is 0 Å². The van der Waals surface area contributed by atoms with Gasteiger partial charge in [-0.2, -0.15) is 0 Å². The van der Waals surface area contributed by atoms with Crippen molar-refractivity contribution < 1.29 is 28.7 Å². The molecule has 4 bridgehead atoms. The Labute approximate surface area is 156 Å². The number of hydrogen-bond donors (Lipinski definition) is 0. The number of carbonyl (C=O) groups is 4. The molecule has 0 aromatic rings. The Bertz CT molecular complexity index is 649. The van der Waals surface area contributed by atoms with Gasteiger partial charge >= 0.3 is 0 Å². The van der Waals surface area contributed by atoms with E-state index in [0.29, 0.717) is 6.42 Å². The fourth-order valence-electron chi connectivity index (χ4n) is 6.38. The molecule has 0 aliphatic carbocycles. The predicted octanol–water partition coefficient (Wildman–Crippen LogP) is -0.299. The van der Waals surface area contributed by atoms with Crippen LogP contribution in [0.25, 0.3) is 0 Å². The summed E-state index contributed by atoms with van der Waals surface area (Å²) in [4.78, 5) is 53.3. The molecule has 6 rings (SSSR count). The average Bonchev–Trinajstić information content (AvgIpc) is 3.47. The summed E-state index contributed by atoms with van der Waals surface area (Å²) >= 11 is 0. The number of ether oxygens (including phenoxy) is 2. The monoisotopic (exact) mass is 374 g/mol. The molecule has 0 aromatic carbocycles. The van der Waals surface area contributed by atoms with Crippen molar-refractivity contribution >= 4 is 23.6 Å². The maximum Gasteiger partial charge on any atom is 0.235 e. The molecule has 6 aliphatic rings. The minimum atomic E-state index is -0.321. The van der Waals surface area contributed by atoms with Crippen molar-refractivity contribution in [2.75, 3.05) is 13.1 Å². The van der Waals surface area contributed by atoms with Crippen LogP contribution >= 0.6 is 0 Å². The molecule has 0 radical (unpaired) electrons. The Hall–Kier alpha value is -1.80. The molecule has 0 N–H and O–H groups in total. The molecule has 6 fully saturated rings. The predicted molar refractivity (Wildman–Crippen MR) is 87.8 cm³/mol. The Kier molecular flexibility index (Phi) is 3.22. The average molecular weight is 374 g/mol. The maximum absolute atomic E-state index is 12.7. The van der Waals surface area contributed by atoms with Gasteiger partial charge in [0.2, 0.25) is 23.6 Å². The van der Waals surface area contributed by atoms with Gasteiger partial charge in [-0.1, -0.05) is 0 Å². The van der Waals surface area contributed by atoms with Crippen molar-refractivity contribution in [2.45, 2.75) is 56.5 Å². The Morgan fingerprint density at radius 2 is 0.889 bits per heavy atom. The van der Waals surface area contributed by atoms with Crippen molar-refractivity contribution in [1.29, 1.82) is 0 Å². The third kappa shape index (κ3) is 1.95. The standard InChI is InChI=1S/C19H22N2O6/c22-16-12-8-2-3-9(26-8)13(12)17(23)20(16)6-1-7-21-18(24)14-10-4-5-11(27-10)15(14)19(21)25/h8-15H,1-7H2/t8-,9+,10-,11+,12-,13+,14-,15+. The molecule has 6 saturated heterocycles. The van der Waals surface area contributed by atoms with Crippen LogP contribution in [0, 0.1) is 23.7 Å². The summed E-state index contributed by atoms with van der Waals surface area (Å²) in [6.45, 7) is 0.527. The van der Waals surface area contributed by atoms with Gasteiger partial charge in [-0.25, -0.2) is 0 Å². The maximum atomic E-state index is 12.7. The lowest BCUT2D eigenvalue weighted by Crippen LogP contribution is -2.39. The van der Waals surface area contributed by atoms with Crippen LogP contribution in [-0.4, -0.2) is 70.9 Å². The van der Waals surface area contributed by atoms with Gasteiger partial charge in [-0.15, -0.1) is 0 Å². The molecule has 0 unspecified atom stereocenters. The summed E-state index contributed by atoms with van der Waals surface area (Å²) < 4.78 is 11.5. The lowest BCUT2D eigenvalue weighted by molar-refractivity contribution is -0.142. The zero-order valence-corrected chi connectivity index (χ0v) is 14.9. The summed E-state index contributed by atoms with van der Waals surface area (Å²) in [5.74, 6) is -1.84. The summed E-state index contributed by atoms with van der Waals surface area (Å²) in [6, 6.07) is 0. The smallest absolute Gasteiger partial charge is 0.235 e. The first kappa shape index (κ1) is 16.2. The SMILES string of the molecule is O=C1[C@@H]2[C@H](C(=O)N1CCCN1C(=O)[C@@H]3[C@H](C1=O)[C@H]1CC[C@@H]3O1)[C@H]1CC[C@@H]2O1. The second-order valence-electron chi connectivity index (χ2n) is 8.69. The molecular weight excluding hydrogens is 352 g/mol. The molecule has 144 valence electrons. The number of carbonyl (C=O) groups excluding carboxylic acids is 4. The first-order valence-electron chi connectivity index (χ1n) is 10.1. The van der Waals surface area contributed by atoms with E-state index in [4.69, 9.17) is 9.47 Å². The van der Waals surface area contributed by atoms with E-state index in [-0.39, 0.29) is 84.8 Å². The Balaban J connectivity index is 1.11. The molecule has 4 amide bonds. The number of fused-ring (bicyclic) bond motifs is 10. The van der Waals surface area contributed by atoms with Crippen molar-refractivity contribution in [1.82, 2.24) is 9.80 Å². The number of imide groups is 2. The van der Waals surface area contributed by atoms with Gasteiger partial charge in [0.25, 0.3) is 0 Å². The second-order valence-corrected chi connectivity index (χ2v) is 8.69. The van der Waals surface area contributed by atoms with Crippen LogP contribution in [0.15, 0.2) is 0 Å². The van der Waals surface area contributed by atoms with Gasteiger partial charge in [-0.05, 0) is 32.1 Å². The lowest BCUT2D eigenvalue weighted by atomic mass is 9.81. The van der Waals surface area contributed by atoms with Crippen LogP contribution in [0.2, 0.25) is 0 Å². The second kappa shape index (κ2) is 5.38. The normalized spacial score (nSPS) is 47.0. The first-order chi connectivity index (χ1) is 13.1. The van der Waals surface area contributed by atoms with Gasteiger partial charge in [-0.3, -0.25) is 29.0 Å². The van der Waals surface area contributed by atoms with Gasteiger partial charge in [0.15, 0.2) is 0 Å². The highest BCUT2D eigenvalue weighted by molar-refractivity contribution is 6.07. The van der Waals surface area contributed by atoms with Gasteiger partial charge in [0, 0.05) is 13.1 Å². The van der Waals surface area contributed by atoms with E-state index >= 15 is 0 Å². The zero-order chi connectivity index (χ0) is 18.4. The Morgan fingerprint density at radius 1 is 0.593 bits per heavy atom. The van der Waals surface area contributed by atoms with Crippen LogP contribution in [0.1, 0.15) is 32.1 Å². The van der Waals surface area contributed by atoms with Crippen LogP contribution < -0.4 is 0 Å². The molecule has 8 nitrogen and oxygen atoms in total. The van der Waals surface area contributed by atoms with E-state index in [1.54, 1.807) is 0 Å². The number of likely N-dealkylation sites (tertiary alicyclic amines) is 2. The van der Waals surface area contributed by atoms with Gasteiger partial charge in [0.1, 0.15) is 0 Å². The van der Waals surface area contributed by atoms with Crippen molar-refractivity contribution in [3.8, 4) is 0 Å². The minimum absolute atomic E-state index is 0.113. The molecule has 0 saturated carbocycles. The van der Waals surface area contributed by atoms with Crippen molar-refractivity contribution in [2.24, 2.45) is 23.7 Å². The minimum Gasteiger partial charge on any atom is -0.373 e. The molecular formula is C19H22N2O6. The molecule has 8 atom stereocenters. The fraction of sp³-hybridized carbons (Fsp3) is 0.789. The highest BCUT2D eigenvalue weighted by Crippen LogP contribution is 2.49. The number of rotatable bonds is 4. The lowest BCUT2D eigenvalue weighted by Gasteiger charge is -2.20. The van der Waals surface area contributed by atoms with E-state index in [0.717, 1.165) is 25.7 Å². The summed E-state index contributed by atoms with van der Waals surface area (Å²) in [5, 5.41) is 0. The highest BCUT2D eigenvalue weighted by atomic mass is 16.5. The summed E-state index contributed by atoms with van der Waals surface area (Å²) in [5.41, 5.74) is 0. The van der Waals surface area contributed by atoms with Crippen LogP contribution in [0.5, 0.6) is 0 Å². The molecule has 8 heteroatoms. The molecule has 0 spiro atoms. The van der Waals surface area contributed by atoms with Gasteiger partial charge in [0.05, 0.1) is 48.1 Å². The number of amides is 4. The first-order valence-corrected chi connectivity index (χ1v) is 10.1. The van der Waals surface area contributed by atoms with E-state index < -0.39 is 0 Å². The molecule has 6 aliphatic heterocycles. The van der Waals surface area contributed by atoms with Crippen LogP contribution in [-0.2, 0) is 28.7 Å². The zero-order valence-electron chi connectivity index (χ0n) is 14.9. The van der Waals surface area contributed by atoms with Gasteiger partial charge < -0.3 is 9.47 Å². The van der Waals surface area contributed by atoms with Crippen LogP contribution in [0.3, 0.4) is 0 Å². The number of nitrogens with zero attached hydrogens (tertiary/aromatic N) is 2. The summed E-state index contributed by atoms with van der Waals surface area (Å²) in [7, 11) is 0. The quantitative estimate of drug-likeness (QED) is 0.628. The largest absolute Gasteiger partial charge is 0.373 e. The molecule has 0 aromatic heterocycles. The topological polar surface area (TPSA) is 93.2 Å². The van der Waals surface area contributed by atoms with E-state index in [1.165, 1.54) is 9.80 Å². The third-order valence-electron chi connectivity index (χ3n) is 7.51. The van der Waals surface area contributed by atoms with E-state index in [9.17, 15) is 19.2 Å². The van der Waals surface area contributed by atoms with E-state index in [1.807, 2.05) is 0 Å². The van der Waals surface area contributed by atoms with Crippen LogP contribution in [0.4, 0.5) is 0 Å². The third-order valence-corrected chi connectivity index (χ3v) is 7.51. The van der Waals surface area contributed by atoms with Crippen molar-refractivity contribution in [3.63, 3.8) is 0 Å². The van der Waals surface area contributed by atoms with E-state index in [2.05, 4.69) is 0 Å². The Morgan fingerprint density at radius 3 is 1.19 bits per heavy atom. The fourth-order valence-corrected chi connectivity index (χ4v) is 6.38. The highest BCUT2D eigenvalue weighted by Gasteiger charge is 2.63.